The highest BCUT2D eigenvalue weighted by molar-refractivity contribution is 5.33. The number of hydrogen-bond donors (Lipinski definition) is 2. The van der Waals surface area contributed by atoms with Gasteiger partial charge in [-0.2, -0.15) is 0 Å². The lowest BCUT2D eigenvalue weighted by atomic mass is 9.64. The lowest BCUT2D eigenvalue weighted by Crippen LogP contribution is -2.59. The molecule has 0 heterocycles. The second-order valence-corrected chi connectivity index (χ2v) is 6.28. The SMILES string of the molecule is CC(C)Oc1ccccc1CNC1CC(O)C1(C)C. The minimum atomic E-state index is -0.188. The second-order valence-electron chi connectivity index (χ2n) is 6.28. The summed E-state index contributed by atoms with van der Waals surface area (Å²) < 4.78 is 5.81. The second kappa shape index (κ2) is 5.51. The van der Waals surface area contributed by atoms with E-state index in [1.54, 1.807) is 0 Å². The summed E-state index contributed by atoms with van der Waals surface area (Å²) in [4.78, 5) is 0. The number of nitrogens with one attached hydrogen (secondary N) is 1. The maximum Gasteiger partial charge on any atom is 0.124 e. The van der Waals surface area contributed by atoms with Crippen molar-refractivity contribution in [3.63, 3.8) is 0 Å². The highest BCUT2D eigenvalue weighted by Crippen LogP contribution is 2.40. The molecule has 1 saturated carbocycles. The molecule has 2 rings (SSSR count). The Balaban J connectivity index is 1.97. The Morgan fingerprint density at radius 3 is 2.63 bits per heavy atom. The van der Waals surface area contributed by atoms with Gasteiger partial charge < -0.3 is 15.2 Å². The fraction of sp³-hybridized carbons (Fsp3) is 0.625. The third-order valence-electron chi connectivity index (χ3n) is 4.09. The number of benzene rings is 1. The van der Waals surface area contributed by atoms with Crippen molar-refractivity contribution in [2.24, 2.45) is 5.41 Å². The van der Waals surface area contributed by atoms with Crippen LogP contribution in [0.4, 0.5) is 0 Å². The first kappa shape index (κ1) is 14.4. The molecular formula is C16H25NO2. The van der Waals surface area contributed by atoms with Crippen LogP contribution in [0, 0.1) is 5.41 Å². The van der Waals surface area contributed by atoms with Gasteiger partial charge in [-0.25, -0.2) is 0 Å². The van der Waals surface area contributed by atoms with E-state index in [0.717, 1.165) is 18.7 Å². The van der Waals surface area contributed by atoms with E-state index in [2.05, 4.69) is 25.2 Å². The van der Waals surface area contributed by atoms with Gasteiger partial charge in [-0.05, 0) is 26.3 Å². The molecule has 2 atom stereocenters. The normalized spacial score (nSPS) is 25.2. The van der Waals surface area contributed by atoms with Crippen molar-refractivity contribution in [2.45, 2.75) is 58.9 Å². The molecule has 1 aromatic carbocycles. The number of ether oxygens (including phenoxy) is 1. The van der Waals surface area contributed by atoms with E-state index in [1.807, 2.05) is 32.0 Å². The van der Waals surface area contributed by atoms with Gasteiger partial charge in [0.15, 0.2) is 0 Å². The van der Waals surface area contributed by atoms with Crippen LogP contribution in [0.5, 0.6) is 5.75 Å². The first-order valence-electron chi connectivity index (χ1n) is 7.07. The molecule has 1 aliphatic carbocycles. The molecule has 106 valence electrons. The Hall–Kier alpha value is -1.06. The zero-order chi connectivity index (χ0) is 14.0. The zero-order valence-electron chi connectivity index (χ0n) is 12.3. The van der Waals surface area contributed by atoms with Crippen LogP contribution < -0.4 is 10.1 Å². The summed E-state index contributed by atoms with van der Waals surface area (Å²) in [6.07, 6.45) is 0.829. The van der Waals surface area contributed by atoms with Crippen LogP contribution in [-0.2, 0) is 6.54 Å². The van der Waals surface area contributed by atoms with Crippen molar-refractivity contribution >= 4 is 0 Å². The van der Waals surface area contributed by atoms with Crippen LogP contribution in [0.25, 0.3) is 0 Å². The van der Waals surface area contributed by atoms with Crippen LogP contribution in [0.3, 0.4) is 0 Å². The summed E-state index contributed by atoms with van der Waals surface area (Å²) in [5.41, 5.74) is 1.14. The summed E-state index contributed by atoms with van der Waals surface area (Å²) in [6, 6.07) is 8.50. The molecule has 0 spiro atoms. The first-order chi connectivity index (χ1) is 8.91. The van der Waals surface area contributed by atoms with Gasteiger partial charge in [0.25, 0.3) is 0 Å². The third-order valence-corrected chi connectivity index (χ3v) is 4.09. The molecule has 0 saturated heterocycles. The Labute approximate surface area is 116 Å². The lowest BCUT2D eigenvalue weighted by molar-refractivity contribution is -0.0730. The maximum absolute atomic E-state index is 9.75. The van der Waals surface area contributed by atoms with Crippen LogP contribution in [-0.4, -0.2) is 23.4 Å². The van der Waals surface area contributed by atoms with Crippen LogP contribution in [0.2, 0.25) is 0 Å². The van der Waals surface area contributed by atoms with Gasteiger partial charge >= 0.3 is 0 Å². The van der Waals surface area contributed by atoms with Gasteiger partial charge in [0.05, 0.1) is 12.2 Å². The van der Waals surface area contributed by atoms with Gasteiger partial charge in [-0.1, -0.05) is 32.0 Å². The zero-order valence-corrected chi connectivity index (χ0v) is 12.3. The summed E-state index contributed by atoms with van der Waals surface area (Å²) in [7, 11) is 0. The number of rotatable bonds is 5. The van der Waals surface area contributed by atoms with E-state index in [-0.39, 0.29) is 17.6 Å². The molecule has 0 bridgehead atoms. The van der Waals surface area contributed by atoms with Gasteiger partial charge in [0.1, 0.15) is 5.75 Å². The van der Waals surface area contributed by atoms with Crippen molar-refractivity contribution < 1.29 is 9.84 Å². The minimum absolute atomic E-state index is 0.0339. The minimum Gasteiger partial charge on any atom is -0.491 e. The molecule has 1 aliphatic rings. The van der Waals surface area contributed by atoms with E-state index >= 15 is 0 Å². The fourth-order valence-corrected chi connectivity index (χ4v) is 2.50. The molecule has 3 heteroatoms. The summed E-state index contributed by atoms with van der Waals surface area (Å²) in [5, 5.41) is 13.3. The highest BCUT2D eigenvalue weighted by Gasteiger charge is 2.46. The molecule has 19 heavy (non-hydrogen) atoms. The quantitative estimate of drug-likeness (QED) is 0.858. The predicted octanol–water partition coefficient (Wildman–Crippen LogP) is 2.72. The molecule has 0 radical (unpaired) electrons. The third kappa shape index (κ3) is 3.10. The van der Waals surface area contributed by atoms with E-state index < -0.39 is 0 Å². The van der Waals surface area contributed by atoms with Crippen molar-refractivity contribution in [3.8, 4) is 5.75 Å². The number of para-hydroxylation sites is 1. The standard InChI is InChI=1S/C16H25NO2/c1-11(2)19-13-8-6-5-7-12(13)10-17-14-9-15(18)16(14,3)4/h5-8,11,14-15,17-18H,9-10H2,1-4H3. The number of aliphatic hydroxyl groups is 1. The summed E-state index contributed by atoms with van der Waals surface area (Å²) in [5.74, 6) is 0.947. The van der Waals surface area contributed by atoms with E-state index in [4.69, 9.17) is 4.74 Å². The molecule has 0 aromatic heterocycles. The summed E-state index contributed by atoms with van der Waals surface area (Å²) >= 11 is 0. The van der Waals surface area contributed by atoms with Gasteiger partial charge in [-0.15, -0.1) is 0 Å². The van der Waals surface area contributed by atoms with E-state index in [9.17, 15) is 5.11 Å². The summed E-state index contributed by atoms with van der Waals surface area (Å²) in [6.45, 7) is 9.07. The van der Waals surface area contributed by atoms with E-state index in [1.165, 1.54) is 5.56 Å². The van der Waals surface area contributed by atoms with Gasteiger partial charge in [0.2, 0.25) is 0 Å². The van der Waals surface area contributed by atoms with Crippen molar-refractivity contribution in [1.29, 1.82) is 0 Å². The van der Waals surface area contributed by atoms with Crippen LogP contribution >= 0.6 is 0 Å². The maximum atomic E-state index is 9.75. The van der Waals surface area contributed by atoms with Gasteiger partial charge in [-0.3, -0.25) is 0 Å². The largest absolute Gasteiger partial charge is 0.491 e. The average Bonchev–Trinajstić information content (AvgIpc) is 2.35. The lowest BCUT2D eigenvalue weighted by Gasteiger charge is -2.49. The average molecular weight is 263 g/mol. The molecule has 1 fully saturated rings. The van der Waals surface area contributed by atoms with Crippen molar-refractivity contribution in [2.75, 3.05) is 0 Å². The van der Waals surface area contributed by atoms with Crippen LogP contribution in [0.1, 0.15) is 39.7 Å². The molecule has 3 nitrogen and oxygen atoms in total. The smallest absolute Gasteiger partial charge is 0.124 e. The molecular weight excluding hydrogens is 238 g/mol. The van der Waals surface area contributed by atoms with Crippen molar-refractivity contribution in [3.05, 3.63) is 29.8 Å². The molecule has 0 amide bonds. The Kier molecular flexibility index (Phi) is 4.16. The number of hydrogen-bond acceptors (Lipinski definition) is 3. The monoisotopic (exact) mass is 263 g/mol. The Morgan fingerprint density at radius 1 is 1.37 bits per heavy atom. The molecule has 1 aromatic rings. The topological polar surface area (TPSA) is 41.5 Å². The highest BCUT2D eigenvalue weighted by atomic mass is 16.5. The Bertz CT molecular complexity index is 429. The predicted molar refractivity (Wildman–Crippen MR) is 77.2 cm³/mol. The molecule has 2 N–H and O–H groups in total. The van der Waals surface area contributed by atoms with E-state index in [0.29, 0.717) is 6.04 Å². The molecule has 0 aliphatic heterocycles. The first-order valence-corrected chi connectivity index (χ1v) is 7.07. The number of aliphatic hydroxyl groups excluding tert-OH is 1. The Morgan fingerprint density at radius 2 is 2.05 bits per heavy atom. The molecule has 2 unspecified atom stereocenters. The van der Waals surface area contributed by atoms with Gasteiger partial charge in [0, 0.05) is 23.6 Å². The van der Waals surface area contributed by atoms with Crippen molar-refractivity contribution in [1.82, 2.24) is 5.32 Å². The fourth-order valence-electron chi connectivity index (χ4n) is 2.50. The van der Waals surface area contributed by atoms with Crippen LogP contribution in [0.15, 0.2) is 24.3 Å².